The van der Waals surface area contributed by atoms with Crippen LogP contribution in [0.25, 0.3) is 0 Å². The van der Waals surface area contributed by atoms with Gasteiger partial charge in [0.1, 0.15) is 5.60 Å². The maximum Gasteiger partial charge on any atom is 0.405 e. The summed E-state index contributed by atoms with van der Waals surface area (Å²) in [4.78, 5) is 20.2. The summed E-state index contributed by atoms with van der Waals surface area (Å²) >= 11 is 3.53. The Morgan fingerprint density at radius 3 is 1.74 bits per heavy atom. The summed E-state index contributed by atoms with van der Waals surface area (Å²) in [5.41, 5.74) is 4.60. The van der Waals surface area contributed by atoms with E-state index in [-0.39, 0.29) is 0 Å². The summed E-state index contributed by atoms with van der Waals surface area (Å²) in [6, 6.07) is 8.30. The highest BCUT2D eigenvalue weighted by Crippen LogP contribution is 2.04. The molecular weight excluding hydrogens is 266 g/mol. The topological polar surface area (TPSA) is 89.6 Å². The number of carboxylic acids is 1. The van der Waals surface area contributed by atoms with E-state index in [1.165, 1.54) is 0 Å². The van der Waals surface area contributed by atoms with Gasteiger partial charge in [0, 0.05) is 0 Å². The molecule has 0 aliphatic rings. The number of hydrogen-bond acceptors (Lipinski definition) is 4. The molecule has 1 amide bonds. The van der Waals surface area contributed by atoms with Crippen LogP contribution in [-0.2, 0) is 4.74 Å². The minimum Gasteiger partial charge on any atom is -0.478 e. The van der Waals surface area contributed by atoms with Crippen molar-refractivity contribution in [3.8, 4) is 0 Å². The zero-order chi connectivity index (χ0) is 15.5. The number of primary amides is 1. The maximum atomic E-state index is 10.2. The van der Waals surface area contributed by atoms with E-state index in [4.69, 9.17) is 10.8 Å². The van der Waals surface area contributed by atoms with Gasteiger partial charge >= 0.3 is 12.1 Å². The molecule has 1 aromatic rings. The van der Waals surface area contributed by atoms with Gasteiger partial charge in [0.05, 0.1) is 5.56 Å². The lowest BCUT2D eigenvalue weighted by Crippen LogP contribution is -2.27. The fourth-order valence-electron chi connectivity index (χ4n) is 0.883. The molecule has 0 aromatic heterocycles. The number of ether oxygens (including phenoxy) is 1. The van der Waals surface area contributed by atoms with Crippen molar-refractivity contribution < 1.29 is 19.4 Å². The monoisotopic (exact) mass is 287 g/mol. The molecule has 0 unspecified atom stereocenters. The average Bonchev–Trinajstić information content (AvgIpc) is 2.30. The van der Waals surface area contributed by atoms with Crippen LogP contribution in [0.1, 0.15) is 31.1 Å². The molecule has 0 bridgehead atoms. The number of nitrogens with two attached hydrogens (primary N) is 1. The maximum absolute atomic E-state index is 10.2. The second-order valence-electron chi connectivity index (χ2n) is 4.20. The van der Waals surface area contributed by atoms with Crippen LogP contribution < -0.4 is 5.73 Å². The summed E-state index contributed by atoms with van der Waals surface area (Å²) in [5.74, 6) is -0.879. The van der Waals surface area contributed by atoms with Gasteiger partial charge in [0.25, 0.3) is 0 Å². The molecule has 1 aromatic carbocycles. The number of carbonyl (C=O) groups is 2. The third-order valence-electron chi connectivity index (χ3n) is 1.43. The normalized spacial score (nSPS) is 9.11. The van der Waals surface area contributed by atoms with E-state index >= 15 is 0 Å². The predicted molar refractivity (Wildman–Crippen MR) is 78.7 cm³/mol. The van der Waals surface area contributed by atoms with Crippen LogP contribution in [0.15, 0.2) is 30.3 Å². The van der Waals surface area contributed by atoms with Gasteiger partial charge in [-0.2, -0.15) is 12.6 Å². The predicted octanol–water partition coefficient (Wildman–Crippen LogP) is 2.81. The van der Waals surface area contributed by atoms with Crippen LogP contribution in [0.5, 0.6) is 0 Å². The fourth-order valence-corrected chi connectivity index (χ4v) is 0.883. The van der Waals surface area contributed by atoms with Gasteiger partial charge in [0.15, 0.2) is 0 Å². The number of benzene rings is 1. The van der Waals surface area contributed by atoms with Crippen molar-refractivity contribution in [1.29, 1.82) is 0 Å². The SMILES string of the molecule is CC(C)(C)OC(N)=O.CS.O=C(O)c1ccccc1. The number of carbonyl (C=O) groups excluding carboxylic acids is 1. The number of hydrogen-bond donors (Lipinski definition) is 3. The first-order valence-electron chi connectivity index (χ1n) is 5.44. The Morgan fingerprint density at radius 1 is 1.16 bits per heavy atom. The first-order valence-corrected chi connectivity index (χ1v) is 6.33. The average molecular weight is 287 g/mol. The molecule has 1 rings (SSSR count). The highest BCUT2D eigenvalue weighted by molar-refractivity contribution is 7.79. The van der Waals surface area contributed by atoms with E-state index in [0.29, 0.717) is 5.56 Å². The fraction of sp³-hybridized carbons (Fsp3) is 0.385. The zero-order valence-electron chi connectivity index (χ0n) is 11.6. The van der Waals surface area contributed by atoms with Crippen molar-refractivity contribution in [2.24, 2.45) is 5.73 Å². The van der Waals surface area contributed by atoms with Crippen molar-refractivity contribution in [3.05, 3.63) is 35.9 Å². The Bertz CT molecular complexity index is 374. The van der Waals surface area contributed by atoms with Crippen molar-refractivity contribution in [2.75, 3.05) is 6.26 Å². The number of amides is 1. The first kappa shape index (κ1) is 19.6. The summed E-state index contributed by atoms with van der Waals surface area (Å²) < 4.78 is 4.58. The summed E-state index contributed by atoms with van der Waals surface area (Å²) in [6.45, 7) is 5.28. The van der Waals surface area contributed by atoms with Gasteiger partial charge in [-0.1, -0.05) is 18.2 Å². The molecule has 19 heavy (non-hydrogen) atoms. The molecular formula is C13H21NO4S. The van der Waals surface area contributed by atoms with Crippen LogP contribution >= 0.6 is 12.6 Å². The third-order valence-corrected chi connectivity index (χ3v) is 1.43. The van der Waals surface area contributed by atoms with E-state index < -0.39 is 17.7 Å². The third kappa shape index (κ3) is 14.2. The molecule has 0 spiro atoms. The lowest BCUT2D eigenvalue weighted by atomic mass is 10.2. The molecule has 0 aliphatic heterocycles. The van der Waals surface area contributed by atoms with E-state index in [1.54, 1.807) is 57.4 Å². The van der Waals surface area contributed by atoms with Crippen LogP contribution in [-0.4, -0.2) is 29.0 Å². The number of thiol groups is 1. The molecule has 0 fully saturated rings. The second-order valence-corrected chi connectivity index (χ2v) is 4.20. The van der Waals surface area contributed by atoms with Crippen LogP contribution in [0.2, 0.25) is 0 Å². The highest BCUT2D eigenvalue weighted by Gasteiger charge is 2.12. The van der Waals surface area contributed by atoms with Gasteiger partial charge in [-0.15, -0.1) is 0 Å². The molecule has 0 saturated heterocycles. The Kier molecular flexibility index (Phi) is 10.6. The molecule has 0 aliphatic carbocycles. The smallest absolute Gasteiger partial charge is 0.405 e. The van der Waals surface area contributed by atoms with E-state index in [0.717, 1.165) is 0 Å². The van der Waals surface area contributed by atoms with Gasteiger partial charge in [-0.05, 0) is 39.2 Å². The molecule has 0 atom stereocenters. The molecule has 0 heterocycles. The summed E-state index contributed by atoms with van der Waals surface area (Å²) in [5, 5.41) is 8.38. The second kappa shape index (κ2) is 10.3. The summed E-state index contributed by atoms with van der Waals surface area (Å²) in [6.07, 6.45) is 0.970. The minimum absolute atomic E-state index is 0.331. The van der Waals surface area contributed by atoms with Crippen molar-refractivity contribution >= 4 is 24.7 Å². The Hall–Kier alpha value is -1.69. The summed E-state index contributed by atoms with van der Waals surface area (Å²) in [7, 11) is 0. The van der Waals surface area contributed by atoms with E-state index in [2.05, 4.69) is 17.4 Å². The number of rotatable bonds is 1. The van der Waals surface area contributed by atoms with Crippen LogP contribution in [0, 0.1) is 0 Å². The molecule has 108 valence electrons. The van der Waals surface area contributed by atoms with E-state index in [1.807, 2.05) is 0 Å². The zero-order valence-corrected chi connectivity index (χ0v) is 12.5. The first-order chi connectivity index (χ1) is 8.72. The van der Waals surface area contributed by atoms with E-state index in [9.17, 15) is 9.59 Å². The van der Waals surface area contributed by atoms with Gasteiger partial charge in [0.2, 0.25) is 0 Å². The van der Waals surface area contributed by atoms with Gasteiger partial charge in [-0.3, -0.25) is 0 Å². The quantitative estimate of drug-likeness (QED) is 0.693. The molecule has 0 saturated carbocycles. The van der Waals surface area contributed by atoms with Crippen molar-refractivity contribution in [2.45, 2.75) is 26.4 Å². The number of aromatic carboxylic acids is 1. The molecule has 6 heteroatoms. The van der Waals surface area contributed by atoms with Crippen LogP contribution in [0.3, 0.4) is 0 Å². The van der Waals surface area contributed by atoms with Crippen molar-refractivity contribution in [3.63, 3.8) is 0 Å². The highest BCUT2D eigenvalue weighted by atomic mass is 32.1. The van der Waals surface area contributed by atoms with Crippen molar-refractivity contribution in [1.82, 2.24) is 0 Å². The largest absolute Gasteiger partial charge is 0.478 e. The lowest BCUT2D eigenvalue weighted by Gasteiger charge is -2.16. The molecule has 0 radical (unpaired) electrons. The lowest BCUT2D eigenvalue weighted by molar-refractivity contribution is 0.0598. The van der Waals surface area contributed by atoms with Gasteiger partial charge < -0.3 is 15.6 Å². The molecule has 5 nitrogen and oxygen atoms in total. The Balaban J connectivity index is 0. The standard InChI is InChI=1S/C7H6O2.C5H11NO2.CH4S/c8-7(9)6-4-2-1-3-5-6;1-5(2,3)8-4(6)7;1-2/h1-5H,(H,8,9);1-3H3,(H2,6,7);2H,1H3. The Morgan fingerprint density at radius 2 is 1.58 bits per heavy atom. The minimum atomic E-state index is -0.879. The molecule has 3 N–H and O–H groups in total. The number of carboxylic acid groups (broad SMARTS) is 1. The Labute approximate surface area is 119 Å². The van der Waals surface area contributed by atoms with Crippen LogP contribution in [0.4, 0.5) is 4.79 Å². The van der Waals surface area contributed by atoms with Gasteiger partial charge in [-0.25, -0.2) is 9.59 Å².